The number of hydrogen-bond donors (Lipinski definition) is 0. The van der Waals surface area contributed by atoms with Crippen molar-refractivity contribution in [2.24, 2.45) is 4.99 Å². The molecule has 0 saturated carbocycles. The van der Waals surface area contributed by atoms with E-state index in [2.05, 4.69) is 4.99 Å². The van der Waals surface area contributed by atoms with Crippen LogP contribution in [0, 0.1) is 5.82 Å². The third-order valence-corrected chi connectivity index (χ3v) is 3.80. The van der Waals surface area contributed by atoms with E-state index in [4.69, 9.17) is 0 Å². The first-order chi connectivity index (χ1) is 8.97. The van der Waals surface area contributed by atoms with Crippen molar-refractivity contribution < 1.29 is 19.1 Å². The molecule has 1 aliphatic heterocycles. The molecule has 0 N–H and O–H groups in total. The number of amides is 1. The number of hydrogen-bond acceptors (Lipinski definition) is 5. The highest BCUT2D eigenvalue weighted by molar-refractivity contribution is 8.15. The van der Waals surface area contributed by atoms with Gasteiger partial charge in [0.2, 0.25) is 5.91 Å². The first-order valence-corrected chi connectivity index (χ1v) is 6.33. The molecule has 1 aromatic rings. The fourth-order valence-electron chi connectivity index (χ4n) is 1.51. The molecule has 0 spiro atoms. The average Bonchev–Trinajstić information content (AvgIpc) is 2.37. The van der Waals surface area contributed by atoms with Crippen molar-refractivity contribution in [2.75, 3.05) is 7.05 Å². The summed E-state index contributed by atoms with van der Waals surface area (Å²) in [6.07, 6.45) is -0.119. The second kappa shape index (κ2) is 5.40. The van der Waals surface area contributed by atoms with E-state index in [1.807, 2.05) is 0 Å². The third-order valence-electron chi connectivity index (χ3n) is 2.58. The summed E-state index contributed by atoms with van der Waals surface area (Å²) in [7, 11) is 1.52. The maximum Gasteiger partial charge on any atom is 0.229 e. The topological polar surface area (TPSA) is 72.8 Å². The minimum atomic E-state index is -1.29. The van der Waals surface area contributed by atoms with Crippen LogP contribution in [0.15, 0.2) is 29.3 Å². The van der Waals surface area contributed by atoms with Gasteiger partial charge in [0.25, 0.3) is 0 Å². The molecule has 1 saturated heterocycles. The highest BCUT2D eigenvalue weighted by Crippen LogP contribution is 2.27. The standard InChI is InChI=1S/C12H11FN2O3S/c1-15-10(16)6-9(11(17)18)19-12(15)14-8-4-2-7(13)3-5-8/h2-5,9H,6H2,1H3,(H,17,18)/p-1/t9-/m0/s1. The molecule has 0 unspecified atom stereocenters. The van der Waals surface area contributed by atoms with Gasteiger partial charge in [-0.05, 0) is 24.3 Å². The molecule has 1 heterocycles. The fraction of sp³-hybridized carbons (Fsp3) is 0.250. The van der Waals surface area contributed by atoms with Gasteiger partial charge in [-0.15, -0.1) is 0 Å². The number of nitrogens with zero attached hydrogens (tertiary/aromatic N) is 2. The monoisotopic (exact) mass is 281 g/mol. The van der Waals surface area contributed by atoms with Gasteiger partial charge in [-0.2, -0.15) is 0 Å². The number of thioether (sulfide) groups is 1. The molecule has 1 fully saturated rings. The number of carboxylic acids is 1. The highest BCUT2D eigenvalue weighted by Gasteiger charge is 2.30. The predicted molar refractivity (Wildman–Crippen MR) is 67.3 cm³/mol. The molecule has 0 aromatic heterocycles. The Morgan fingerprint density at radius 2 is 2.11 bits per heavy atom. The lowest BCUT2D eigenvalue weighted by Crippen LogP contribution is -2.45. The third kappa shape index (κ3) is 3.11. The maximum absolute atomic E-state index is 12.8. The summed E-state index contributed by atoms with van der Waals surface area (Å²) in [6, 6.07) is 5.38. The summed E-state index contributed by atoms with van der Waals surface area (Å²) < 4.78 is 12.8. The van der Waals surface area contributed by atoms with Crippen LogP contribution >= 0.6 is 11.8 Å². The molecular weight excluding hydrogens is 271 g/mol. The Hall–Kier alpha value is -1.89. The Labute approximate surface area is 113 Å². The number of halogens is 1. The van der Waals surface area contributed by atoms with E-state index in [1.54, 1.807) is 0 Å². The number of aliphatic carboxylic acids is 1. The van der Waals surface area contributed by atoms with Crippen molar-refractivity contribution in [2.45, 2.75) is 11.7 Å². The zero-order chi connectivity index (χ0) is 14.0. The van der Waals surface area contributed by atoms with Crippen LogP contribution in [0.5, 0.6) is 0 Å². The smallest absolute Gasteiger partial charge is 0.229 e. The Bertz CT molecular complexity index is 544. The van der Waals surface area contributed by atoms with E-state index in [1.165, 1.54) is 36.2 Å². The molecule has 2 rings (SSSR count). The second-order valence-corrected chi connectivity index (χ2v) is 5.12. The molecule has 0 radical (unpaired) electrons. The van der Waals surface area contributed by atoms with Gasteiger partial charge in [0.15, 0.2) is 5.17 Å². The van der Waals surface area contributed by atoms with Crippen LogP contribution in [-0.4, -0.2) is 34.2 Å². The summed E-state index contributed by atoms with van der Waals surface area (Å²) in [6.45, 7) is 0. The number of aliphatic imine (C=N–C) groups is 1. The van der Waals surface area contributed by atoms with Gasteiger partial charge in [0.1, 0.15) is 5.82 Å². The van der Waals surface area contributed by atoms with Crippen molar-refractivity contribution in [3.63, 3.8) is 0 Å². The molecule has 100 valence electrons. The molecule has 1 aromatic carbocycles. The van der Waals surface area contributed by atoms with Gasteiger partial charge in [-0.25, -0.2) is 9.38 Å². The van der Waals surface area contributed by atoms with Crippen molar-refractivity contribution >= 4 is 34.5 Å². The number of benzene rings is 1. The normalized spacial score (nSPS) is 21.8. The predicted octanol–water partition coefficient (Wildman–Crippen LogP) is 0.527. The highest BCUT2D eigenvalue weighted by atomic mass is 32.2. The van der Waals surface area contributed by atoms with Crippen LogP contribution in [-0.2, 0) is 9.59 Å². The Morgan fingerprint density at radius 3 is 2.68 bits per heavy atom. The van der Waals surface area contributed by atoms with Crippen molar-refractivity contribution in [1.82, 2.24) is 4.90 Å². The molecule has 5 nitrogen and oxygen atoms in total. The number of rotatable bonds is 2. The van der Waals surface area contributed by atoms with Gasteiger partial charge in [-0.3, -0.25) is 9.69 Å². The van der Waals surface area contributed by atoms with Crippen LogP contribution in [0.25, 0.3) is 0 Å². The summed E-state index contributed by atoms with van der Waals surface area (Å²) in [5.41, 5.74) is 0.447. The van der Waals surface area contributed by atoms with Gasteiger partial charge >= 0.3 is 0 Å². The average molecular weight is 281 g/mol. The molecule has 0 bridgehead atoms. The van der Waals surface area contributed by atoms with Crippen molar-refractivity contribution in [3.8, 4) is 0 Å². The number of amidine groups is 1. The van der Waals surface area contributed by atoms with E-state index < -0.39 is 17.0 Å². The largest absolute Gasteiger partial charge is 0.549 e. The minimum absolute atomic E-state index is 0.119. The maximum atomic E-state index is 12.8. The van der Waals surface area contributed by atoms with Crippen molar-refractivity contribution in [3.05, 3.63) is 30.1 Å². The summed E-state index contributed by atoms with van der Waals surface area (Å²) in [5, 5.41) is 10.2. The van der Waals surface area contributed by atoms with E-state index in [-0.39, 0.29) is 17.5 Å². The fourth-order valence-corrected chi connectivity index (χ4v) is 2.50. The van der Waals surface area contributed by atoms with Crippen LogP contribution in [0.3, 0.4) is 0 Å². The van der Waals surface area contributed by atoms with Gasteiger partial charge < -0.3 is 9.90 Å². The zero-order valence-corrected chi connectivity index (χ0v) is 10.8. The Morgan fingerprint density at radius 1 is 1.47 bits per heavy atom. The molecular formula is C12H10FN2O3S-. The van der Waals surface area contributed by atoms with E-state index in [9.17, 15) is 19.1 Å². The minimum Gasteiger partial charge on any atom is -0.549 e. The van der Waals surface area contributed by atoms with E-state index >= 15 is 0 Å². The summed E-state index contributed by atoms with van der Waals surface area (Å²) in [4.78, 5) is 27.9. The van der Waals surface area contributed by atoms with E-state index in [0.717, 1.165) is 11.8 Å². The van der Waals surface area contributed by atoms with Crippen LogP contribution in [0.2, 0.25) is 0 Å². The van der Waals surface area contributed by atoms with Gasteiger partial charge in [0, 0.05) is 13.5 Å². The van der Waals surface area contributed by atoms with Crippen molar-refractivity contribution in [1.29, 1.82) is 0 Å². The van der Waals surface area contributed by atoms with Crippen LogP contribution < -0.4 is 5.11 Å². The SMILES string of the molecule is CN1C(=O)C[C@@H](C(=O)[O-])SC1=Nc1ccc(F)cc1. The number of carbonyl (C=O) groups excluding carboxylic acids is 2. The van der Waals surface area contributed by atoms with E-state index in [0.29, 0.717) is 5.69 Å². The van der Waals surface area contributed by atoms with Crippen LogP contribution in [0.1, 0.15) is 6.42 Å². The lowest BCUT2D eigenvalue weighted by molar-refractivity contribution is -0.304. The van der Waals surface area contributed by atoms with Gasteiger partial charge in [-0.1, -0.05) is 11.8 Å². The molecule has 1 amide bonds. The Kier molecular flexibility index (Phi) is 3.84. The molecule has 1 atom stereocenters. The quantitative estimate of drug-likeness (QED) is 0.792. The molecule has 7 heteroatoms. The van der Waals surface area contributed by atoms with Crippen LogP contribution in [0.4, 0.5) is 10.1 Å². The first-order valence-electron chi connectivity index (χ1n) is 5.45. The Balaban J connectivity index is 2.27. The number of carbonyl (C=O) groups is 2. The van der Waals surface area contributed by atoms with Gasteiger partial charge in [0.05, 0.1) is 16.9 Å². The summed E-state index contributed by atoms with van der Waals surface area (Å²) in [5.74, 6) is -2.02. The second-order valence-electron chi connectivity index (χ2n) is 3.95. The first kappa shape index (κ1) is 13.5. The molecule has 1 aliphatic rings. The lowest BCUT2D eigenvalue weighted by Gasteiger charge is -2.29. The number of carboxylic acid groups (broad SMARTS) is 1. The molecule has 0 aliphatic carbocycles. The summed E-state index contributed by atoms with van der Waals surface area (Å²) >= 11 is 0.950. The zero-order valence-electron chi connectivity index (χ0n) is 10.00. The molecule has 19 heavy (non-hydrogen) atoms. The lowest BCUT2D eigenvalue weighted by atomic mass is 10.3.